The average Bonchev–Trinajstić information content (AvgIpc) is 3.96. The summed E-state index contributed by atoms with van der Waals surface area (Å²) in [7, 11) is -7.14. The lowest BCUT2D eigenvalue weighted by molar-refractivity contribution is -0.135. The van der Waals surface area contributed by atoms with Gasteiger partial charge in [0.25, 0.3) is 0 Å². The van der Waals surface area contributed by atoms with E-state index in [2.05, 4.69) is 54.7 Å². The largest absolute Gasteiger partial charge is 0.340 e. The predicted molar refractivity (Wildman–Crippen MR) is 215 cm³/mol. The average molecular weight is 809 g/mol. The number of amides is 2. The first-order valence-corrected chi connectivity index (χ1v) is 23.2. The van der Waals surface area contributed by atoms with E-state index in [9.17, 15) is 26.4 Å². The number of nitrogens with one attached hydrogen (secondary N) is 4. The number of benzene rings is 2. The molecule has 294 valence electrons. The highest BCUT2D eigenvalue weighted by Gasteiger charge is 2.39. The van der Waals surface area contributed by atoms with E-state index in [4.69, 9.17) is 4.98 Å². The van der Waals surface area contributed by atoms with Crippen LogP contribution < -0.4 is 9.44 Å². The van der Waals surface area contributed by atoms with E-state index in [1.54, 1.807) is 27.3 Å². The number of thiophene rings is 1. The summed E-state index contributed by atoms with van der Waals surface area (Å²) >= 11 is 1.63. The fourth-order valence-electron chi connectivity index (χ4n) is 7.80. The summed E-state index contributed by atoms with van der Waals surface area (Å²) in [5, 5.41) is 2.04. The summed E-state index contributed by atoms with van der Waals surface area (Å²) in [5.41, 5.74) is 3.58. The standard InChI is InChI=1S/C38H48N8O6S3/c1-21(2)32(43-54(5,49)50)37(47)45-17-7-9-28(45)35-39-20-27(41-35)31-16-15-30(53-31)24-11-13-25-23(19-24)12-14-26-34(25)42-36(40-26)29-10-8-18-46(29)38(48)33(22(3)4)44-55(6,51)52/h11-16,19-22,28-29,32-33,43-44H,7-10,17-18H2,1-6H3,(H,39,41)(H,40,42)/t28-,29-,32-,33-/m0/s1. The molecule has 2 aliphatic heterocycles. The van der Waals surface area contributed by atoms with Crippen LogP contribution in [0.25, 0.3) is 42.8 Å². The molecule has 0 aliphatic carbocycles. The van der Waals surface area contributed by atoms with Crippen LogP contribution in [0.1, 0.15) is 77.1 Å². The molecular formula is C38H48N8O6S3. The molecule has 2 aromatic carbocycles. The first-order chi connectivity index (χ1) is 26.0. The van der Waals surface area contributed by atoms with Crippen LogP contribution >= 0.6 is 11.3 Å². The molecule has 0 radical (unpaired) electrons. The van der Waals surface area contributed by atoms with Crippen LogP contribution in [0.4, 0.5) is 0 Å². The lowest BCUT2D eigenvalue weighted by Crippen LogP contribution is -2.50. The second-order valence-electron chi connectivity index (χ2n) is 15.5. The van der Waals surface area contributed by atoms with Crippen LogP contribution in [0.3, 0.4) is 0 Å². The Labute approximate surface area is 325 Å². The van der Waals surface area contributed by atoms with Crippen molar-refractivity contribution in [1.82, 2.24) is 39.2 Å². The van der Waals surface area contributed by atoms with E-state index in [0.717, 1.165) is 81.0 Å². The highest BCUT2D eigenvalue weighted by atomic mass is 32.2. The number of rotatable bonds is 12. The number of sulfonamides is 2. The Balaban J connectivity index is 1.10. The SMILES string of the molecule is CC(C)[C@H](NS(C)(=O)=O)C(=O)N1CCC[C@H]1c1ncc(-c2ccc(-c3ccc4c(ccc5nc([C@@H]6CCCN6C(=O)[C@@H](NS(C)(=O)=O)C(C)C)[nH]c54)c3)s2)[nH]1. The molecule has 3 aromatic heterocycles. The van der Waals surface area contributed by atoms with E-state index < -0.39 is 32.1 Å². The van der Waals surface area contributed by atoms with Crippen LogP contribution in [0.5, 0.6) is 0 Å². The maximum absolute atomic E-state index is 13.6. The third kappa shape index (κ3) is 8.21. The number of aromatic amines is 2. The molecule has 2 amide bonds. The smallest absolute Gasteiger partial charge is 0.241 e. The summed E-state index contributed by atoms with van der Waals surface area (Å²) < 4.78 is 53.2. The number of H-pyrrole nitrogens is 2. The molecule has 2 aliphatic rings. The Hall–Kier alpha value is -4.16. The third-order valence-corrected chi connectivity index (χ3v) is 13.0. The van der Waals surface area contributed by atoms with Crippen molar-refractivity contribution in [3.63, 3.8) is 0 Å². The first kappa shape index (κ1) is 39.1. The third-order valence-electron chi connectivity index (χ3n) is 10.5. The van der Waals surface area contributed by atoms with E-state index in [0.29, 0.717) is 24.7 Å². The molecular weight excluding hydrogens is 761 g/mol. The lowest BCUT2D eigenvalue weighted by Gasteiger charge is -2.29. The van der Waals surface area contributed by atoms with E-state index >= 15 is 0 Å². The van der Waals surface area contributed by atoms with Gasteiger partial charge in [0.1, 0.15) is 23.7 Å². The van der Waals surface area contributed by atoms with Crippen molar-refractivity contribution in [1.29, 1.82) is 0 Å². The molecule has 0 saturated carbocycles. The quantitative estimate of drug-likeness (QED) is 0.130. The molecule has 4 atom stereocenters. The first-order valence-electron chi connectivity index (χ1n) is 18.6. The summed E-state index contributed by atoms with van der Waals surface area (Å²) in [5.74, 6) is 0.461. The zero-order chi connectivity index (χ0) is 39.4. The van der Waals surface area contributed by atoms with Crippen molar-refractivity contribution in [2.45, 2.75) is 77.5 Å². The van der Waals surface area contributed by atoms with E-state index in [-0.39, 0.29) is 35.7 Å². The lowest BCUT2D eigenvalue weighted by atomic mass is 10.0. The highest BCUT2D eigenvalue weighted by molar-refractivity contribution is 7.89. The molecule has 0 bridgehead atoms. The second kappa shape index (κ2) is 15.1. The molecule has 0 unspecified atom stereocenters. The predicted octanol–water partition coefficient (Wildman–Crippen LogP) is 5.31. The van der Waals surface area contributed by atoms with Gasteiger partial charge >= 0.3 is 0 Å². The van der Waals surface area contributed by atoms with Crippen molar-refractivity contribution in [2.75, 3.05) is 25.6 Å². The van der Waals surface area contributed by atoms with Gasteiger partial charge in [0.2, 0.25) is 31.9 Å². The number of imidazole rings is 2. The van der Waals surface area contributed by atoms with E-state index in [1.165, 1.54) is 0 Å². The normalized spacial score (nSPS) is 19.3. The zero-order valence-corrected chi connectivity index (χ0v) is 34.2. The number of carbonyl (C=O) groups is 2. The molecule has 14 nitrogen and oxygen atoms in total. The minimum atomic E-state index is -3.57. The van der Waals surface area contributed by atoms with Gasteiger partial charge in [-0.1, -0.05) is 45.9 Å². The van der Waals surface area contributed by atoms with Crippen LogP contribution in [-0.4, -0.2) is 96.1 Å². The molecule has 5 aromatic rings. The van der Waals surface area contributed by atoms with Crippen molar-refractivity contribution in [3.8, 4) is 21.0 Å². The molecule has 55 heavy (non-hydrogen) atoms. The van der Waals surface area contributed by atoms with Gasteiger partial charge in [-0.3, -0.25) is 9.59 Å². The molecule has 7 rings (SSSR count). The topological polar surface area (TPSA) is 190 Å². The van der Waals surface area contributed by atoms with Gasteiger partial charge in [-0.2, -0.15) is 0 Å². The van der Waals surface area contributed by atoms with Crippen LogP contribution in [0.15, 0.2) is 48.7 Å². The van der Waals surface area contributed by atoms with Gasteiger partial charge in [-0.05, 0) is 72.7 Å². The number of hydrogen-bond donors (Lipinski definition) is 4. The van der Waals surface area contributed by atoms with Crippen LogP contribution in [-0.2, 0) is 29.6 Å². The number of fused-ring (bicyclic) bond motifs is 3. The monoisotopic (exact) mass is 808 g/mol. The molecule has 17 heteroatoms. The van der Waals surface area contributed by atoms with Crippen LogP contribution in [0, 0.1) is 11.8 Å². The van der Waals surface area contributed by atoms with Crippen molar-refractivity contribution >= 4 is 65.0 Å². The Morgan fingerprint density at radius 3 is 1.95 bits per heavy atom. The van der Waals surface area contributed by atoms with Crippen molar-refractivity contribution < 1.29 is 26.4 Å². The van der Waals surface area contributed by atoms with Gasteiger partial charge in [-0.15, -0.1) is 11.3 Å². The Bertz CT molecular complexity index is 2470. The van der Waals surface area contributed by atoms with Gasteiger partial charge in [0.15, 0.2) is 0 Å². The minimum absolute atomic E-state index is 0.212. The molecule has 2 fully saturated rings. The Morgan fingerprint density at radius 2 is 1.36 bits per heavy atom. The maximum Gasteiger partial charge on any atom is 0.241 e. The van der Waals surface area contributed by atoms with Gasteiger partial charge in [-0.25, -0.2) is 36.2 Å². The second-order valence-corrected chi connectivity index (χ2v) is 20.1. The minimum Gasteiger partial charge on any atom is -0.340 e. The summed E-state index contributed by atoms with van der Waals surface area (Å²) in [6, 6.07) is 12.2. The number of aromatic nitrogens is 4. The Kier molecular flexibility index (Phi) is 10.7. The zero-order valence-electron chi connectivity index (χ0n) is 31.8. The summed E-state index contributed by atoms with van der Waals surface area (Å²) in [4.78, 5) is 49.3. The van der Waals surface area contributed by atoms with Crippen molar-refractivity contribution in [3.05, 3.63) is 60.3 Å². The Morgan fingerprint density at radius 1 is 0.782 bits per heavy atom. The highest BCUT2D eigenvalue weighted by Crippen LogP contribution is 2.39. The maximum atomic E-state index is 13.6. The van der Waals surface area contributed by atoms with Crippen molar-refractivity contribution in [2.24, 2.45) is 11.8 Å². The molecule has 5 heterocycles. The number of nitrogens with zero attached hydrogens (tertiary/aromatic N) is 4. The van der Waals surface area contributed by atoms with Gasteiger partial charge in [0.05, 0.1) is 52.4 Å². The number of hydrogen-bond acceptors (Lipinski definition) is 9. The molecule has 4 N–H and O–H groups in total. The summed E-state index contributed by atoms with van der Waals surface area (Å²) in [6.45, 7) is 8.40. The fourth-order valence-corrected chi connectivity index (χ4v) is 10.4. The van der Waals surface area contributed by atoms with Gasteiger partial charge < -0.3 is 19.8 Å². The summed E-state index contributed by atoms with van der Waals surface area (Å²) in [6.07, 6.45) is 7.00. The molecule has 0 spiro atoms. The fraction of sp³-hybridized carbons (Fsp3) is 0.474. The van der Waals surface area contributed by atoms with Gasteiger partial charge in [0, 0.05) is 23.4 Å². The van der Waals surface area contributed by atoms with E-state index in [1.807, 2.05) is 39.8 Å². The van der Waals surface area contributed by atoms with Crippen LogP contribution in [0.2, 0.25) is 0 Å². The number of likely N-dealkylation sites (tertiary alicyclic amines) is 2. The molecule has 2 saturated heterocycles. The number of carbonyl (C=O) groups excluding carboxylic acids is 2.